The van der Waals surface area contributed by atoms with Gasteiger partial charge in [-0.05, 0) is 32.6 Å². The number of rotatable bonds is 9. The van der Waals surface area contributed by atoms with Crippen LogP contribution in [0.2, 0.25) is 0 Å². The third-order valence-electron chi connectivity index (χ3n) is 2.25. The normalized spacial score (nSPS) is 11.5. The molecule has 0 aliphatic carbocycles. The Labute approximate surface area is 89.4 Å². The molecule has 0 rings (SSSR count). The SMILES string of the molecule is C=CC=CCCCCCCCC=CC. The highest BCUT2D eigenvalue weighted by Gasteiger charge is 1.88. The van der Waals surface area contributed by atoms with Crippen LogP contribution >= 0.6 is 0 Å². The summed E-state index contributed by atoms with van der Waals surface area (Å²) in [5, 5.41) is 0. The Hall–Kier alpha value is -0.780. The van der Waals surface area contributed by atoms with Gasteiger partial charge >= 0.3 is 0 Å². The van der Waals surface area contributed by atoms with Crippen LogP contribution < -0.4 is 0 Å². The second kappa shape index (κ2) is 12.2. The molecular weight excluding hydrogens is 168 g/mol. The quantitative estimate of drug-likeness (QED) is 0.273. The van der Waals surface area contributed by atoms with E-state index in [1.807, 2.05) is 12.2 Å². The molecule has 0 heterocycles. The number of hydrogen-bond donors (Lipinski definition) is 0. The lowest BCUT2D eigenvalue weighted by molar-refractivity contribution is 0.622. The Balaban J connectivity index is 2.98. The van der Waals surface area contributed by atoms with Gasteiger partial charge in [0, 0.05) is 0 Å². The Morgan fingerprint density at radius 1 is 0.857 bits per heavy atom. The van der Waals surface area contributed by atoms with Gasteiger partial charge in [0.05, 0.1) is 0 Å². The van der Waals surface area contributed by atoms with Crippen molar-refractivity contribution in [1.82, 2.24) is 0 Å². The molecule has 0 aromatic rings. The first-order chi connectivity index (χ1) is 6.91. The molecule has 0 amide bonds. The van der Waals surface area contributed by atoms with Crippen molar-refractivity contribution >= 4 is 0 Å². The van der Waals surface area contributed by atoms with Crippen LogP contribution in [0.5, 0.6) is 0 Å². The van der Waals surface area contributed by atoms with E-state index in [0.717, 1.165) is 0 Å². The van der Waals surface area contributed by atoms with Gasteiger partial charge in [0.1, 0.15) is 0 Å². The third-order valence-corrected chi connectivity index (χ3v) is 2.25. The van der Waals surface area contributed by atoms with E-state index < -0.39 is 0 Å². The molecule has 0 nitrogen and oxygen atoms in total. The molecule has 0 aliphatic heterocycles. The minimum atomic E-state index is 1.21. The van der Waals surface area contributed by atoms with E-state index in [-0.39, 0.29) is 0 Å². The van der Waals surface area contributed by atoms with Gasteiger partial charge in [0.25, 0.3) is 0 Å². The second-order valence-corrected chi connectivity index (χ2v) is 3.58. The van der Waals surface area contributed by atoms with Crippen LogP contribution in [0, 0.1) is 0 Å². The van der Waals surface area contributed by atoms with Crippen molar-refractivity contribution in [3.8, 4) is 0 Å². The standard InChI is InChI=1S/C14H24/c1-3-5-7-9-11-13-14-12-10-8-6-4-2/h3-7H,1,8-14H2,2H3. The molecule has 0 atom stereocenters. The van der Waals surface area contributed by atoms with E-state index in [1.165, 1.54) is 44.9 Å². The van der Waals surface area contributed by atoms with Crippen molar-refractivity contribution in [3.63, 3.8) is 0 Å². The van der Waals surface area contributed by atoms with Crippen LogP contribution in [-0.4, -0.2) is 0 Å². The lowest BCUT2D eigenvalue weighted by atomic mass is 10.1. The molecule has 0 radical (unpaired) electrons. The summed E-state index contributed by atoms with van der Waals surface area (Å²) in [6, 6.07) is 0. The van der Waals surface area contributed by atoms with E-state index in [2.05, 4.69) is 31.7 Å². The number of unbranched alkanes of at least 4 members (excludes halogenated alkanes) is 6. The molecule has 0 aliphatic rings. The molecular formula is C14H24. The van der Waals surface area contributed by atoms with Gasteiger partial charge in [-0.1, -0.05) is 56.2 Å². The molecule has 0 fully saturated rings. The summed E-state index contributed by atoms with van der Waals surface area (Å²) in [4.78, 5) is 0. The highest BCUT2D eigenvalue weighted by Crippen LogP contribution is 2.07. The summed E-state index contributed by atoms with van der Waals surface area (Å²) < 4.78 is 0. The first kappa shape index (κ1) is 13.2. The summed E-state index contributed by atoms with van der Waals surface area (Å²) in [7, 11) is 0. The maximum atomic E-state index is 3.64. The minimum Gasteiger partial charge on any atom is -0.0991 e. The highest BCUT2D eigenvalue weighted by molar-refractivity contribution is 4.96. The highest BCUT2D eigenvalue weighted by atomic mass is 13.9. The van der Waals surface area contributed by atoms with Crippen LogP contribution in [0.1, 0.15) is 51.9 Å². The fourth-order valence-electron chi connectivity index (χ4n) is 1.41. The van der Waals surface area contributed by atoms with Gasteiger partial charge < -0.3 is 0 Å². The van der Waals surface area contributed by atoms with Crippen molar-refractivity contribution in [2.45, 2.75) is 51.9 Å². The summed E-state index contributed by atoms with van der Waals surface area (Å²) in [5.41, 5.74) is 0. The smallest absolute Gasteiger partial charge is 0.0348 e. The average Bonchev–Trinajstić information content (AvgIpc) is 2.21. The zero-order valence-electron chi connectivity index (χ0n) is 9.54. The van der Waals surface area contributed by atoms with E-state index in [9.17, 15) is 0 Å². The van der Waals surface area contributed by atoms with Crippen LogP contribution in [0.15, 0.2) is 37.0 Å². The van der Waals surface area contributed by atoms with Crippen LogP contribution in [0.3, 0.4) is 0 Å². The summed E-state index contributed by atoms with van der Waals surface area (Å²) in [6.07, 6.45) is 19.8. The molecule has 0 N–H and O–H groups in total. The average molecular weight is 192 g/mol. The number of allylic oxidation sites excluding steroid dienone is 5. The van der Waals surface area contributed by atoms with E-state index >= 15 is 0 Å². The molecule has 0 saturated heterocycles. The molecule has 14 heavy (non-hydrogen) atoms. The van der Waals surface area contributed by atoms with Gasteiger partial charge in [-0.3, -0.25) is 0 Å². The topological polar surface area (TPSA) is 0 Å². The van der Waals surface area contributed by atoms with Crippen molar-refractivity contribution in [3.05, 3.63) is 37.0 Å². The first-order valence-electron chi connectivity index (χ1n) is 5.80. The maximum Gasteiger partial charge on any atom is -0.0348 e. The van der Waals surface area contributed by atoms with Crippen LogP contribution in [0.4, 0.5) is 0 Å². The van der Waals surface area contributed by atoms with Gasteiger partial charge in [-0.15, -0.1) is 0 Å². The zero-order chi connectivity index (χ0) is 10.5. The molecule has 0 aromatic carbocycles. The van der Waals surface area contributed by atoms with Crippen LogP contribution in [-0.2, 0) is 0 Å². The molecule has 0 heteroatoms. The Morgan fingerprint density at radius 3 is 2.00 bits per heavy atom. The van der Waals surface area contributed by atoms with Gasteiger partial charge in [0.2, 0.25) is 0 Å². The molecule has 0 aromatic heterocycles. The fourth-order valence-corrected chi connectivity index (χ4v) is 1.41. The molecule has 0 saturated carbocycles. The van der Waals surface area contributed by atoms with Crippen LogP contribution in [0.25, 0.3) is 0 Å². The summed E-state index contributed by atoms with van der Waals surface area (Å²) in [5.74, 6) is 0. The fraction of sp³-hybridized carbons (Fsp3) is 0.571. The summed E-state index contributed by atoms with van der Waals surface area (Å²) >= 11 is 0. The monoisotopic (exact) mass is 192 g/mol. The van der Waals surface area contributed by atoms with Crippen molar-refractivity contribution in [2.75, 3.05) is 0 Å². The second-order valence-electron chi connectivity index (χ2n) is 3.58. The number of hydrogen-bond acceptors (Lipinski definition) is 0. The largest absolute Gasteiger partial charge is 0.0991 e. The van der Waals surface area contributed by atoms with E-state index in [1.54, 1.807) is 0 Å². The van der Waals surface area contributed by atoms with Gasteiger partial charge in [-0.25, -0.2) is 0 Å². The zero-order valence-corrected chi connectivity index (χ0v) is 9.54. The van der Waals surface area contributed by atoms with Gasteiger partial charge in [0.15, 0.2) is 0 Å². The molecule has 0 spiro atoms. The van der Waals surface area contributed by atoms with Crippen molar-refractivity contribution in [2.24, 2.45) is 0 Å². The third kappa shape index (κ3) is 11.2. The predicted octanol–water partition coefficient (Wildman–Crippen LogP) is 5.04. The Kier molecular flexibility index (Phi) is 11.5. The van der Waals surface area contributed by atoms with Gasteiger partial charge in [-0.2, -0.15) is 0 Å². The van der Waals surface area contributed by atoms with E-state index in [0.29, 0.717) is 0 Å². The lowest BCUT2D eigenvalue weighted by Crippen LogP contribution is -1.77. The maximum absolute atomic E-state index is 3.64. The molecule has 80 valence electrons. The lowest BCUT2D eigenvalue weighted by Gasteiger charge is -1.97. The minimum absolute atomic E-state index is 1.21. The Bertz CT molecular complexity index is 163. The predicted molar refractivity (Wildman–Crippen MR) is 66.5 cm³/mol. The first-order valence-corrected chi connectivity index (χ1v) is 5.80. The molecule has 0 unspecified atom stereocenters. The van der Waals surface area contributed by atoms with E-state index in [4.69, 9.17) is 0 Å². The summed E-state index contributed by atoms with van der Waals surface area (Å²) in [6.45, 7) is 5.73. The van der Waals surface area contributed by atoms with Crippen molar-refractivity contribution < 1.29 is 0 Å². The Morgan fingerprint density at radius 2 is 1.43 bits per heavy atom. The van der Waals surface area contributed by atoms with Crippen molar-refractivity contribution in [1.29, 1.82) is 0 Å². The molecule has 0 bridgehead atoms.